The molecule has 0 aliphatic carbocycles. The number of benzene rings is 1. The summed E-state index contributed by atoms with van der Waals surface area (Å²) in [6.45, 7) is 8.35. The van der Waals surface area contributed by atoms with Crippen LogP contribution in [0.2, 0.25) is 0 Å². The van der Waals surface area contributed by atoms with Crippen molar-refractivity contribution in [2.45, 2.75) is 45.4 Å². The monoisotopic (exact) mass is 429 g/mol. The van der Waals surface area contributed by atoms with Crippen LogP contribution in [0.5, 0.6) is 5.75 Å². The Hall–Kier alpha value is -2.44. The Balaban J connectivity index is 1.43. The van der Waals surface area contributed by atoms with E-state index in [9.17, 15) is 4.79 Å². The van der Waals surface area contributed by atoms with E-state index in [1.807, 2.05) is 17.0 Å². The average Bonchev–Trinajstić information content (AvgIpc) is 3.17. The molecule has 2 aliphatic heterocycles. The molecule has 2 heterocycles. The van der Waals surface area contributed by atoms with Gasteiger partial charge in [-0.1, -0.05) is 18.6 Å². The number of hydrogen-bond acceptors (Lipinski definition) is 4. The zero-order chi connectivity index (χ0) is 21.9. The number of carbonyl (C=O) groups is 1. The number of anilines is 1. The number of aliphatic imine (C=N–C) groups is 1. The summed E-state index contributed by atoms with van der Waals surface area (Å²) in [6.07, 6.45) is 6.15. The van der Waals surface area contributed by atoms with Crippen molar-refractivity contribution in [1.82, 2.24) is 15.5 Å². The molecular formula is C24H39N5O2. The van der Waals surface area contributed by atoms with Gasteiger partial charge in [0, 0.05) is 52.2 Å². The number of guanidine groups is 1. The fraction of sp³-hybridized carbons (Fsp3) is 0.667. The summed E-state index contributed by atoms with van der Waals surface area (Å²) in [5.41, 5.74) is 1.17. The molecular weight excluding hydrogens is 390 g/mol. The van der Waals surface area contributed by atoms with Crippen LogP contribution in [-0.4, -0.2) is 69.7 Å². The first-order valence-corrected chi connectivity index (χ1v) is 11.9. The van der Waals surface area contributed by atoms with Crippen LogP contribution >= 0.6 is 0 Å². The first kappa shape index (κ1) is 23.2. The Kier molecular flexibility index (Phi) is 9.31. The largest absolute Gasteiger partial charge is 0.495 e. The SMILES string of the molecule is CCNC(=NCC1CCN(c2ccccc2OC)C1)NCCCN1CCCCCC1=O. The molecule has 3 rings (SSSR count). The van der Waals surface area contributed by atoms with E-state index >= 15 is 0 Å². The fourth-order valence-corrected chi connectivity index (χ4v) is 4.41. The van der Waals surface area contributed by atoms with Gasteiger partial charge in [-0.05, 0) is 50.7 Å². The van der Waals surface area contributed by atoms with Gasteiger partial charge < -0.3 is 25.2 Å². The molecule has 1 aromatic rings. The molecule has 31 heavy (non-hydrogen) atoms. The van der Waals surface area contributed by atoms with Crippen molar-refractivity contribution < 1.29 is 9.53 Å². The number of para-hydroxylation sites is 2. The number of likely N-dealkylation sites (tertiary alicyclic amines) is 1. The van der Waals surface area contributed by atoms with Gasteiger partial charge in [0.2, 0.25) is 5.91 Å². The number of amides is 1. The zero-order valence-corrected chi connectivity index (χ0v) is 19.2. The predicted molar refractivity (Wildman–Crippen MR) is 127 cm³/mol. The minimum absolute atomic E-state index is 0.318. The molecule has 0 saturated carbocycles. The van der Waals surface area contributed by atoms with Crippen LogP contribution in [0.4, 0.5) is 5.69 Å². The highest BCUT2D eigenvalue weighted by molar-refractivity contribution is 5.79. The summed E-state index contributed by atoms with van der Waals surface area (Å²) >= 11 is 0. The molecule has 7 heteroatoms. The summed E-state index contributed by atoms with van der Waals surface area (Å²) in [4.78, 5) is 21.4. The third-order valence-electron chi connectivity index (χ3n) is 6.13. The molecule has 2 saturated heterocycles. The van der Waals surface area contributed by atoms with Crippen molar-refractivity contribution in [3.63, 3.8) is 0 Å². The Labute approximate surface area is 187 Å². The van der Waals surface area contributed by atoms with E-state index < -0.39 is 0 Å². The molecule has 172 valence electrons. The lowest BCUT2D eigenvalue weighted by Gasteiger charge is -2.21. The third-order valence-corrected chi connectivity index (χ3v) is 6.13. The Morgan fingerprint density at radius 3 is 2.90 bits per heavy atom. The highest BCUT2D eigenvalue weighted by Crippen LogP contribution is 2.31. The summed E-state index contributed by atoms with van der Waals surface area (Å²) in [5, 5.41) is 6.79. The van der Waals surface area contributed by atoms with Crippen LogP contribution in [0.15, 0.2) is 29.3 Å². The summed E-state index contributed by atoms with van der Waals surface area (Å²) < 4.78 is 5.52. The van der Waals surface area contributed by atoms with Crippen molar-refractivity contribution in [2.75, 3.05) is 57.8 Å². The minimum Gasteiger partial charge on any atom is -0.495 e. The molecule has 7 nitrogen and oxygen atoms in total. The maximum atomic E-state index is 12.1. The van der Waals surface area contributed by atoms with Crippen molar-refractivity contribution in [1.29, 1.82) is 0 Å². The second-order valence-corrected chi connectivity index (χ2v) is 8.46. The maximum absolute atomic E-state index is 12.1. The van der Waals surface area contributed by atoms with E-state index in [0.717, 1.165) is 83.2 Å². The van der Waals surface area contributed by atoms with Gasteiger partial charge in [0.1, 0.15) is 5.75 Å². The van der Waals surface area contributed by atoms with E-state index in [1.54, 1.807) is 7.11 Å². The van der Waals surface area contributed by atoms with Crippen LogP contribution < -0.4 is 20.3 Å². The number of carbonyl (C=O) groups excluding carboxylic acids is 1. The van der Waals surface area contributed by atoms with Gasteiger partial charge >= 0.3 is 0 Å². The van der Waals surface area contributed by atoms with Gasteiger partial charge in [-0.2, -0.15) is 0 Å². The standard InChI is InChI=1S/C24H39N5O2/c1-3-25-24(26-14-9-16-28-15-8-4-5-12-23(28)30)27-18-20-13-17-29(19-20)21-10-6-7-11-22(21)31-2/h6-7,10-11,20H,3-5,8-9,12-19H2,1-2H3,(H2,25,26,27). The number of nitrogens with one attached hydrogen (secondary N) is 2. The molecule has 1 unspecified atom stereocenters. The summed E-state index contributed by atoms with van der Waals surface area (Å²) in [5.74, 6) is 2.67. The van der Waals surface area contributed by atoms with Crippen LogP contribution in [0, 0.1) is 5.92 Å². The topological polar surface area (TPSA) is 69.2 Å². The van der Waals surface area contributed by atoms with Crippen molar-refractivity contribution in [3.05, 3.63) is 24.3 Å². The highest BCUT2D eigenvalue weighted by atomic mass is 16.5. The highest BCUT2D eigenvalue weighted by Gasteiger charge is 2.24. The lowest BCUT2D eigenvalue weighted by Crippen LogP contribution is -2.39. The molecule has 2 fully saturated rings. The van der Waals surface area contributed by atoms with E-state index in [1.165, 1.54) is 12.1 Å². The maximum Gasteiger partial charge on any atom is 0.222 e. The van der Waals surface area contributed by atoms with Gasteiger partial charge in [0.05, 0.1) is 12.8 Å². The van der Waals surface area contributed by atoms with Gasteiger partial charge in [-0.25, -0.2) is 0 Å². The number of nitrogens with zero attached hydrogens (tertiary/aromatic N) is 3. The second-order valence-electron chi connectivity index (χ2n) is 8.46. The van der Waals surface area contributed by atoms with E-state index in [0.29, 0.717) is 18.2 Å². The number of rotatable bonds is 9. The lowest BCUT2D eigenvalue weighted by molar-refractivity contribution is -0.130. The molecule has 2 aliphatic rings. The van der Waals surface area contributed by atoms with Crippen LogP contribution in [0.1, 0.15) is 45.4 Å². The average molecular weight is 430 g/mol. The van der Waals surface area contributed by atoms with Crippen molar-refractivity contribution in [2.24, 2.45) is 10.9 Å². The number of hydrogen-bond donors (Lipinski definition) is 2. The lowest BCUT2D eigenvalue weighted by atomic mass is 10.1. The Morgan fingerprint density at radius 2 is 2.06 bits per heavy atom. The first-order valence-electron chi connectivity index (χ1n) is 11.9. The minimum atomic E-state index is 0.318. The van der Waals surface area contributed by atoms with E-state index in [2.05, 4.69) is 34.6 Å². The fourth-order valence-electron chi connectivity index (χ4n) is 4.41. The first-order chi connectivity index (χ1) is 15.2. The third kappa shape index (κ3) is 7.04. The van der Waals surface area contributed by atoms with Crippen molar-refractivity contribution >= 4 is 17.6 Å². The van der Waals surface area contributed by atoms with Gasteiger partial charge in [-0.3, -0.25) is 9.79 Å². The van der Waals surface area contributed by atoms with Gasteiger partial charge in [-0.15, -0.1) is 0 Å². The summed E-state index contributed by atoms with van der Waals surface area (Å²) in [7, 11) is 1.73. The molecule has 0 radical (unpaired) electrons. The number of methoxy groups -OCH3 is 1. The predicted octanol–water partition coefficient (Wildman–Crippen LogP) is 2.87. The normalized spacial score (nSPS) is 20.0. The molecule has 1 aromatic carbocycles. The quantitative estimate of drug-likeness (QED) is 0.359. The van der Waals surface area contributed by atoms with Crippen molar-refractivity contribution in [3.8, 4) is 5.75 Å². The smallest absolute Gasteiger partial charge is 0.222 e. The molecule has 0 bridgehead atoms. The Morgan fingerprint density at radius 1 is 1.19 bits per heavy atom. The van der Waals surface area contributed by atoms with Crippen LogP contribution in [0.25, 0.3) is 0 Å². The van der Waals surface area contributed by atoms with Gasteiger partial charge in [0.25, 0.3) is 0 Å². The van der Waals surface area contributed by atoms with Crippen LogP contribution in [0.3, 0.4) is 0 Å². The van der Waals surface area contributed by atoms with E-state index in [-0.39, 0.29) is 0 Å². The van der Waals surface area contributed by atoms with Crippen LogP contribution in [-0.2, 0) is 4.79 Å². The van der Waals surface area contributed by atoms with Gasteiger partial charge in [0.15, 0.2) is 5.96 Å². The molecule has 0 spiro atoms. The molecule has 1 amide bonds. The Bertz CT molecular complexity index is 724. The molecule has 0 aromatic heterocycles. The molecule has 1 atom stereocenters. The summed E-state index contributed by atoms with van der Waals surface area (Å²) in [6, 6.07) is 8.23. The molecule has 2 N–H and O–H groups in total. The second kappa shape index (κ2) is 12.4. The number of ether oxygens (including phenoxy) is 1. The van der Waals surface area contributed by atoms with E-state index in [4.69, 9.17) is 9.73 Å². The zero-order valence-electron chi connectivity index (χ0n) is 19.2.